The molecule has 184 valence electrons. The monoisotopic (exact) mass is 450 g/mol. The van der Waals surface area contributed by atoms with Gasteiger partial charge in [-0.3, -0.25) is 0 Å². The highest BCUT2D eigenvalue weighted by Crippen LogP contribution is 2.53. The first-order chi connectivity index (χ1) is 13.9. The van der Waals surface area contributed by atoms with Crippen molar-refractivity contribution in [3.8, 4) is 0 Å². The summed E-state index contributed by atoms with van der Waals surface area (Å²) in [6, 6.07) is 0. The SMILES string of the molecule is CC(C)(C)C1CCC(C(SC(C2CCC(C(C)(C)C)CC2)C(C)(C)C)C(C)(C)C)CC1. The van der Waals surface area contributed by atoms with Crippen molar-refractivity contribution >= 4 is 11.8 Å². The van der Waals surface area contributed by atoms with Crippen LogP contribution in [-0.2, 0) is 0 Å². The highest BCUT2D eigenvalue weighted by atomic mass is 32.2. The summed E-state index contributed by atoms with van der Waals surface area (Å²) >= 11 is 2.43. The molecule has 0 spiro atoms. The minimum atomic E-state index is 0.385. The summed E-state index contributed by atoms with van der Waals surface area (Å²) in [7, 11) is 0. The quantitative estimate of drug-likeness (QED) is 0.410. The standard InChI is InChI=1S/C30H58S/c1-27(2,3)23-17-13-21(14-18-23)25(29(7,8)9)31-26(30(10,11)12)22-15-19-24(20-16-22)28(4,5)6/h21-26H,13-20H2,1-12H3. The van der Waals surface area contributed by atoms with Gasteiger partial charge in [0.05, 0.1) is 0 Å². The smallest absolute Gasteiger partial charge is 0.0127 e. The lowest BCUT2D eigenvalue weighted by Gasteiger charge is -2.48. The van der Waals surface area contributed by atoms with Crippen molar-refractivity contribution in [2.24, 2.45) is 45.3 Å². The second-order valence-corrected chi connectivity index (χ2v) is 17.0. The third kappa shape index (κ3) is 7.68. The van der Waals surface area contributed by atoms with Gasteiger partial charge in [0, 0.05) is 10.5 Å². The summed E-state index contributed by atoms with van der Waals surface area (Å²) in [4.78, 5) is 0. The molecule has 0 N–H and O–H groups in total. The highest BCUT2D eigenvalue weighted by Gasteiger charge is 2.43. The van der Waals surface area contributed by atoms with Gasteiger partial charge >= 0.3 is 0 Å². The topological polar surface area (TPSA) is 0 Å². The van der Waals surface area contributed by atoms with E-state index in [1.165, 1.54) is 51.4 Å². The van der Waals surface area contributed by atoms with Crippen molar-refractivity contribution in [3.63, 3.8) is 0 Å². The Bertz CT molecular complexity index is 481. The Labute approximate surface area is 201 Å². The normalized spacial score (nSPS) is 31.4. The fourth-order valence-corrected chi connectivity index (χ4v) is 8.90. The molecule has 0 bridgehead atoms. The van der Waals surface area contributed by atoms with Crippen LogP contribution in [0, 0.1) is 45.3 Å². The van der Waals surface area contributed by atoms with E-state index >= 15 is 0 Å². The minimum Gasteiger partial charge on any atom is -0.153 e. The van der Waals surface area contributed by atoms with Crippen molar-refractivity contribution in [3.05, 3.63) is 0 Å². The van der Waals surface area contributed by atoms with E-state index < -0.39 is 0 Å². The molecule has 2 aliphatic rings. The summed E-state index contributed by atoms with van der Waals surface area (Å²) in [5.41, 5.74) is 1.73. The maximum atomic E-state index is 2.52. The molecule has 0 nitrogen and oxygen atoms in total. The second kappa shape index (κ2) is 9.92. The molecule has 0 aromatic heterocycles. The lowest BCUT2D eigenvalue weighted by molar-refractivity contribution is 0.127. The molecular formula is C30H58S. The van der Waals surface area contributed by atoms with Crippen molar-refractivity contribution in [1.82, 2.24) is 0 Å². The summed E-state index contributed by atoms with van der Waals surface area (Å²) in [5, 5.41) is 1.58. The molecule has 1 heteroatoms. The van der Waals surface area contributed by atoms with Crippen LogP contribution in [0.25, 0.3) is 0 Å². The van der Waals surface area contributed by atoms with Gasteiger partial charge in [-0.25, -0.2) is 0 Å². The van der Waals surface area contributed by atoms with Gasteiger partial charge in [0.15, 0.2) is 0 Å². The van der Waals surface area contributed by atoms with Crippen molar-refractivity contribution in [2.45, 2.75) is 145 Å². The summed E-state index contributed by atoms with van der Waals surface area (Å²) in [6.07, 6.45) is 11.6. The lowest BCUT2D eigenvalue weighted by Crippen LogP contribution is -2.42. The van der Waals surface area contributed by atoms with Gasteiger partial charge in [-0.15, -0.1) is 0 Å². The van der Waals surface area contributed by atoms with Gasteiger partial charge in [0.1, 0.15) is 0 Å². The number of hydrogen-bond donors (Lipinski definition) is 0. The predicted octanol–water partition coefficient (Wildman–Crippen LogP) is 10.3. The average molecular weight is 451 g/mol. The molecule has 2 saturated carbocycles. The van der Waals surface area contributed by atoms with Gasteiger partial charge in [-0.1, -0.05) is 83.1 Å². The molecule has 2 rings (SSSR count). The Kier molecular flexibility index (Phi) is 8.83. The van der Waals surface area contributed by atoms with Gasteiger partial charge in [-0.05, 0) is 96.7 Å². The predicted molar refractivity (Wildman–Crippen MR) is 144 cm³/mol. The average Bonchev–Trinajstić information content (AvgIpc) is 2.59. The zero-order valence-electron chi connectivity index (χ0n) is 23.5. The van der Waals surface area contributed by atoms with E-state index in [1.807, 2.05) is 0 Å². The Hall–Kier alpha value is 0.350. The highest BCUT2D eigenvalue weighted by molar-refractivity contribution is 8.00. The van der Waals surface area contributed by atoms with Crippen LogP contribution in [0.15, 0.2) is 0 Å². The molecule has 0 saturated heterocycles. The van der Waals surface area contributed by atoms with Crippen molar-refractivity contribution in [1.29, 1.82) is 0 Å². The van der Waals surface area contributed by atoms with E-state index in [2.05, 4.69) is 94.8 Å². The molecule has 0 heterocycles. The third-order valence-electron chi connectivity index (χ3n) is 8.85. The Morgan fingerprint density at radius 3 is 0.903 bits per heavy atom. The Balaban J connectivity index is 2.13. The molecule has 2 unspecified atom stereocenters. The molecule has 2 fully saturated rings. The number of thioether (sulfide) groups is 1. The van der Waals surface area contributed by atoms with E-state index in [4.69, 9.17) is 0 Å². The van der Waals surface area contributed by atoms with E-state index in [1.54, 1.807) is 0 Å². The molecule has 0 radical (unpaired) electrons. The van der Waals surface area contributed by atoms with Crippen molar-refractivity contribution < 1.29 is 0 Å². The first kappa shape index (κ1) is 27.6. The van der Waals surface area contributed by atoms with Crippen LogP contribution in [-0.4, -0.2) is 10.5 Å². The van der Waals surface area contributed by atoms with E-state index in [-0.39, 0.29) is 0 Å². The summed E-state index contributed by atoms with van der Waals surface area (Å²) in [5.74, 6) is 3.64. The molecule has 2 atom stereocenters. The maximum absolute atomic E-state index is 2.52. The molecule has 0 amide bonds. The first-order valence-corrected chi connectivity index (χ1v) is 14.5. The fourth-order valence-electron chi connectivity index (χ4n) is 6.78. The largest absolute Gasteiger partial charge is 0.153 e. The minimum absolute atomic E-state index is 0.385. The van der Waals surface area contributed by atoms with Gasteiger partial charge in [0.2, 0.25) is 0 Å². The molecule has 0 aromatic carbocycles. The van der Waals surface area contributed by atoms with Crippen LogP contribution in [0.3, 0.4) is 0 Å². The second-order valence-electron chi connectivity index (χ2n) is 15.7. The van der Waals surface area contributed by atoms with E-state index in [0.29, 0.717) is 21.7 Å². The van der Waals surface area contributed by atoms with Crippen molar-refractivity contribution in [2.75, 3.05) is 0 Å². The van der Waals surface area contributed by atoms with Crippen LogP contribution in [0.4, 0.5) is 0 Å². The molecule has 0 aromatic rings. The molecule has 31 heavy (non-hydrogen) atoms. The first-order valence-electron chi connectivity index (χ1n) is 13.6. The zero-order valence-corrected chi connectivity index (χ0v) is 24.3. The van der Waals surface area contributed by atoms with Crippen LogP contribution >= 0.6 is 11.8 Å². The lowest BCUT2D eigenvalue weighted by atomic mass is 9.67. The Morgan fingerprint density at radius 2 is 0.710 bits per heavy atom. The molecule has 2 aliphatic carbocycles. The van der Waals surface area contributed by atoms with Crippen LogP contribution in [0.5, 0.6) is 0 Å². The zero-order chi connectivity index (χ0) is 23.8. The van der Waals surface area contributed by atoms with Gasteiger partial charge in [0.25, 0.3) is 0 Å². The van der Waals surface area contributed by atoms with Crippen LogP contribution in [0.2, 0.25) is 0 Å². The summed E-state index contributed by atoms with van der Waals surface area (Å²) < 4.78 is 0. The van der Waals surface area contributed by atoms with Gasteiger partial charge < -0.3 is 0 Å². The third-order valence-corrected chi connectivity index (χ3v) is 11.6. The summed E-state index contributed by atoms with van der Waals surface area (Å²) in [6.45, 7) is 29.9. The van der Waals surface area contributed by atoms with Gasteiger partial charge in [-0.2, -0.15) is 11.8 Å². The number of hydrogen-bond acceptors (Lipinski definition) is 1. The molecule has 0 aliphatic heterocycles. The Morgan fingerprint density at radius 1 is 0.452 bits per heavy atom. The van der Waals surface area contributed by atoms with Crippen LogP contribution in [0.1, 0.15) is 134 Å². The van der Waals surface area contributed by atoms with E-state index in [9.17, 15) is 0 Å². The maximum Gasteiger partial charge on any atom is 0.0127 e. The molecular weight excluding hydrogens is 392 g/mol. The fraction of sp³-hybridized carbons (Fsp3) is 1.00. The van der Waals surface area contributed by atoms with E-state index in [0.717, 1.165) is 34.2 Å². The number of rotatable bonds is 4. The van der Waals surface area contributed by atoms with Crippen LogP contribution < -0.4 is 0 Å².